The van der Waals surface area contributed by atoms with Crippen molar-refractivity contribution in [3.8, 4) is 5.13 Å². The normalized spacial score (nSPS) is 14.6. The molecule has 7 nitrogen and oxygen atoms in total. The number of rotatable bonds is 5. The van der Waals surface area contributed by atoms with Crippen molar-refractivity contribution in [2.24, 2.45) is 0 Å². The Kier molecular flexibility index (Phi) is 4.75. The smallest absolute Gasteiger partial charge is 0.271 e. The van der Waals surface area contributed by atoms with E-state index < -0.39 is 0 Å². The summed E-state index contributed by atoms with van der Waals surface area (Å²) in [4.78, 5) is 16.8. The molecule has 1 fully saturated rings. The first-order valence-corrected chi connectivity index (χ1v) is 9.58. The number of nitrogens with zero attached hydrogens (tertiary/aromatic N) is 5. The van der Waals surface area contributed by atoms with Crippen molar-refractivity contribution < 1.29 is 9.21 Å². The summed E-state index contributed by atoms with van der Waals surface area (Å²) in [6.45, 7) is 2.47. The largest absolute Gasteiger partial charge is 0.467 e. The average molecular weight is 371 g/mol. The van der Waals surface area contributed by atoms with Crippen LogP contribution in [-0.2, 0) is 6.54 Å². The summed E-state index contributed by atoms with van der Waals surface area (Å²) in [5, 5.41) is 10.3. The molecule has 3 aromatic rings. The van der Waals surface area contributed by atoms with E-state index in [1.165, 1.54) is 30.6 Å². The van der Waals surface area contributed by atoms with Gasteiger partial charge in [0.1, 0.15) is 11.5 Å². The summed E-state index contributed by atoms with van der Waals surface area (Å²) >= 11 is 1.52. The fraction of sp³-hybridized carbons (Fsp3) is 0.389. The zero-order valence-electron chi connectivity index (χ0n) is 14.7. The van der Waals surface area contributed by atoms with E-state index in [0.717, 1.165) is 24.0 Å². The molecule has 0 aromatic carbocycles. The van der Waals surface area contributed by atoms with E-state index in [0.29, 0.717) is 17.4 Å². The van der Waals surface area contributed by atoms with Crippen LogP contribution in [0.25, 0.3) is 5.13 Å². The fourth-order valence-corrected chi connectivity index (χ4v) is 4.04. The van der Waals surface area contributed by atoms with Crippen molar-refractivity contribution in [1.29, 1.82) is 0 Å². The number of anilines is 1. The molecule has 1 aliphatic rings. The number of amides is 1. The van der Waals surface area contributed by atoms with E-state index in [4.69, 9.17) is 4.42 Å². The molecular formula is C18H21N5O2S. The molecule has 0 unspecified atom stereocenters. The second-order valence-electron chi connectivity index (χ2n) is 6.42. The van der Waals surface area contributed by atoms with Crippen molar-refractivity contribution in [2.75, 3.05) is 25.0 Å². The van der Waals surface area contributed by atoms with Crippen molar-refractivity contribution >= 4 is 22.4 Å². The Bertz CT molecular complexity index is 864. The predicted octanol–water partition coefficient (Wildman–Crippen LogP) is 3.18. The Morgan fingerprint density at radius 2 is 2.00 bits per heavy atom. The number of hydrogen-bond acceptors (Lipinski definition) is 6. The van der Waals surface area contributed by atoms with Gasteiger partial charge in [0.05, 0.1) is 12.8 Å². The highest BCUT2D eigenvalue weighted by molar-refractivity contribution is 7.17. The van der Waals surface area contributed by atoms with E-state index >= 15 is 0 Å². The molecule has 26 heavy (non-hydrogen) atoms. The average Bonchev–Trinajstić information content (AvgIpc) is 3.42. The molecule has 1 saturated heterocycles. The van der Waals surface area contributed by atoms with Crippen LogP contribution < -0.4 is 4.90 Å². The van der Waals surface area contributed by atoms with Gasteiger partial charge in [-0.2, -0.15) is 0 Å². The summed E-state index contributed by atoms with van der Waals surface area (Å²) in [7, 11) is 1.77. The van der Waals surface area contributed by atoms with Gasteiger partial charge in [-0.05, 0) is 43.5 Å². The van der Waals surface area contributed by atoms with Gasteiger partial charge in [-0.15, -0.1) is 10.2 Å². The van der Waals surface area contributed by atoms with E-state index in [9.17, 15) is 4.79 Å². The van der Waals surface area contributed by atoms with Gasteiger partial charge in [0.25, 0.3) is 5.91 Å². The summed E-state index contributed by atoms with van der Waals surface area (Å²) in [6, 6.07) is 7.34. The minimum atomic E-state index is -0.0823. The molecule has 4 rings (SSSR count). The topological polar surface area (TPSA) is 67.4 Å². The third kappa shape index (κ3) is 3.37. The minimum absolute atomic E-state index is 0.0823. The Hall–Kier alpha value is -2.61. The van der Waals surface area contributed by atoms with Crippen LogP contribution in [0.5, 0.6) is 0 Å². The molecule has 0 N–H and O–H groups in total. The first-order valence-electron chi connectivity index (χ1n) is 8.76. The van der Waals surface area contributed by atoms with E-state index in [1.54, 1.807) is 18.2 Å². The molecule has 4 heterocycles. The maximum Gasteiger partial charge on any atom is 0.271 e. The molecule has 0 aliphatic carbocycles. The highest BCUT2D eigenvalue weighted by Crippen LogP contribution is 2.27. The number of aromatic nitrogens is 3. The van der Waals surface area contributed by atoms with Gasteiger partial charge in [0.2, 0.25) is 10.3 Å². The third-order valence-corrected chi connectivity index (χ3v) is 5.51. The number of carbonyl (C=O) groups is 1. The van der Waals surface area contributed by atoms with Crippen LogP contribution in [-0.4, -0.2) is 45.7 Å². The molecule has 1 amide bonds. The number of furan rings is 1. The van der Waals surface area contributed by atoms with Crippen LogP contribution in [0.1, 0.15) is 35.5 Å². The van der Waals surface area contributed by atoms with Gasteiger partial charge in [0.15, 0.2) is 0 Å². The summed E-state index contributed by atoms with van der Waals surface area (Å²) in [5.74, 6) is 0.670. The standard InChI is InChI=1S/C18H21N5O2S/c1-21(13-14-7-6-12-25-14)16(24)15-8-5-11-23(15)18-20-19-17(26-18)22-9-3-2-4-10-22/h5-8,11-12H,2-4,9-10,13H2,1H3. The van der Waals surface area contributed by atoms with Crippen LogP contribution in [0.15, 0.2) is 41.1 Å². The van der Waals surface area contributed by atoms with E-state index in [2.05, 4.69) is 15.1 Å². The lowest BCUT2D eigenvalue weighted by Crippen LogP contribution is -2.29. The maximum atomic E-state index is 12.8. The third-order valence-electron chi connectivity index (χ3n) is 4.52. The molecule has 0 atom stereocenters. The lowest BCUT2D eigenvalue weighted by molar-refractivity contribution is 0.0767. The molecule has 3 aromatic heterocycles. The Balaban J connectivity index is 1.53. The van der Waals surface area contributed by atoms with E-state index in [1.807, 2.05) is 35.0 Å². The Morgan fingerprint density at radius 3 is 2.77 bits per heavy atom. The van der Waals surface area contributed by atoms with Crippen LogP contribution in [0, 0.1) is 0 Å². The first kappa shape index (κ1) is 16.8. The second kappa shape index (κ2) is 7.33. The number of carbonyl (C=O) groups excluding carboxylic acids is 1. The minimum Gasteiger partial charge on any atom is -0.467 e. The molecule has 0 radical (unpaired) electrons. The van der Waals surface area contributed by atoms with Crippen molar-refractivity contribution in [2.45, 2.75) is 25.8 Å². The molecule has 0 spiro atoms. The second-order valence-corrected chi connectivity index (χ2v) is 7.35. The van der Waals surface area contributed by atoms with Gasteiger partial charge in [-0.3, -0.25) is 9.36 Å². The van der Waals surface area contributed by atoms with Crippen LogP contribution in [0.4, 0.5) is 5.13 Å². The maximum absolute atomic E-state index is 12.8. The highest BCUT2D eigenvalue weighted by atomic mass is 32.1. The quantitative estimate of drug-likeness (QED) is 0.689. The van der Waals surface area contributed by atoms with Crippen molar-refractivity contribution in [1.82, 2.24) is 19.7 Å². The van der Waals surface area contributed by atoms with E-state index in [-0.39, 0.29) is 5.91 Å². The zero-order chi connectivity index (χ0) is 17.9. The summed E-state index contributed by atoms with van der Waals surface area (Å²) in [5.41, 5.74) is 0.570. The molecule has 0 bridgehead atoms. The van der Waals surface area contributed by atoms with Crippen LogP contribution >= 0.6 is 11.3 Å². The Morgan fingerprint density at radius 1 is 1.19 bits per heavy atom. The zero-order valence-corrected chi connectivity index (χ0v) is 15.5. The fourth-order valence-electron chi connectivity index (χ4n) is 3.14. The van der Waals surface area contributed by atoms with Crippen molar-refractivity contribution in [3.63, 3.8) is 0 Å². The molecular weight excluding hydrogens is 350 g/mol. The number of hydrogen-bond donors (Lipinski definition) is 0. The van der Waals surface area contributed by atoms with Gasteiger partial charge in [-0.25, -0.2) is 0 Å². The van der Waals surface area contributed by atoms with Gasteiger partial charge >= 0.3 is 0 Å². The summed E-state index contributed by atoms with van der Waals surface area (Å²) in [6.07, 6.45) is 7.13. The number of piperidine rings is 1. The lowest BCUT2D eigenvalue weighted by atomic mass is 10.1. The van der Waals surface area contributed by atoms with Crippen LogP contribution in [0.2, 0.25) is 0 Å². The molecule has 1 aliphatic heterocycles. The monoisotopic (exact) mass is 371 g/mol. The Labute approximate surface area is 155 Å². The van der Waals surface area contributed by atoms with Crippen LogP contribution in [0.3, 0.4) is 0 Å². The summed E-state index contributed by atoms with van der Waals surface area (Å²) < 4.78 is 7.14. The van der Waals surface area contributed by atoms with Gasteiger partial charge in [0, 0.05) is 26.3 Å². The lowest BCUT2D eigenvalue weighted by Gasteiger charge is -2.25. The van der Waals surface area contributed by atoms with Gasteiger partial charge < -0.3 is 14.2 Å². The molecule has 0 saturated carbocycles. The predicted molar refractivity (Wildman–Crippen MR) is 99.8 cm³/mol. The first-order chi connectivity index (χ1) is 12.7. The van der Waals surface area contributed by atoms with Crippen molar-refractivity contribution in [3.05, 3.63) is 48.2 Å². The molecule has 8 heteroatoms. The van der Waals surface area contributed by atoms with Gasteiger partial charge in [-0.1, -0.05) is 11.3 Å². The molecule has 136 valence electrons. The SMILES string of the molecule is CN(Cc1ccco1)C(=O)c1cccn1-c1nnc(N2CCCCC2)s1. The highest BCUT2D eigenvalue weighted by Gasteiger charge is 2.21.